The summed E-state index contributed by atoms with van der Waals surface area (Å²) in [4.78, 5) is 1.32. The van der Waals surface area contributed by atoms with Gasteiger partial charge in [0, 0.05) is 10.6 Å². The Kier molecular flexibility index (Phi) is 5.95. The molecule has 0 saturated heterocycles. The fourth-order valence-electron chi connectivity index (χ4n) is 2.43. The van der Waals surface area contributed by atoms with Gasteiger partial charge in [0.25, 0.3) is 0 Å². The van der Waals surface area contributed by atoms with Crippen LogP contribution in [-0.4, -0.2) is 11.8 Å². The molecule has 0 aromatic heterocycles. The Labute approximate surface area is 120 Å². The van der Waals surface area contributed by atoms with Crippen molar-refractivity contribution in [1.29, 1.82) is 0 Å². The van der Waals surface area contributed by atoms with Gasteiger partial charge in [-0.2, -0.15) is 0 Å². The molecule has 0 fully saturated rings. The molecule has 1 aromatic carbocycles. The first-order chi connectivity index (χ1) is 9.29. The Hall–Kier alpha value is -0.770. The zero-order chi connectivity index (χ0) is 13.5. The van der Waals surface area contributed by atoms with E-state index < -0.39 is 0 Å². The van der Waals surface area contributed by atoms with Crippen LogP contribution >= 0.6 is 11.8 Å². The van der Waals surface area contributed by atoms with E-state index in [4.69, 9.17) is 5.84 Å². The molecule has 19 heavy (non-hydrogen) atoms. The predicted octanol–water partition coefficient (Wildman–Crippen LogP) is 3.81. The lowest BCUT2D eigenvalue weighted by molar-refractivity contribution is 0.611. The molecule has 1 aliphatic carbocycles. The van der Waals surface area contributed by atoms with Crippen molar-refractivity contribution >= 4 is 11.8 Å². The average Bonchev–Trinajstić information content (AvgIpc) is 2.71. The van der Waals surface area contributed by atoms with Crippen molar-refractivity contribution in [3.8, 4) is 0 Å². The summed E-state index contributed by atoms with van der Waals surface area (Å²) in [5.74, 6) is 6.74. The smallest absolute Gasteiger partial charge is 0.0513 e. The van der Waals surface area contributed by atoms with E-state index in [0.717, 1.165) is 5.75 Å². The molecular formula is C16H24N2S. The van der Waals surface area contributed by atoms with Gasteiger partial charge in [0.2, 0.25) is 0 Å². The molecule has 0 spiro atoms. The largest absolute Gasteiger partial charge is 0.271 e. The number of nitrogens with one attached hydrogen (secondary N) is 1. The maximum atomic E-state index is 5.74. The van der Waals surface area contributed by atoms with Crippen LogP contribution in [0, 0.1) is 6.92 Å². The van der Waals surface area contributed by atoms with Gasteiger partial charge in [0.1, 0.15) is 0 Å². The Morgan fingerprint density at radius 2 is 2.00 bits per heavy atom. The molecule has 3 heteroatoms. The molecule has 0 saturated carbocycles. The van der Waals surface area contributed by atoms with Gasteiger partial charge in [-0.25, -0.2) is 0 Å². The molecule has 1 aromatic rings. The van der Waals surface area contributed by atoms with Crippen molar-refractivity contribution in [2.75, 3.05) is 5.75 Å². The van der Waals surface area contributed by atoms with E-state index in [2.05, 4.69) is 42.7 Å². The molecule has 0 heterocycles. The normalized spacial score (nSPS) is 17.7. The van der Waals surface area contributed by atoms with Crippen LogP contribution in [-0.2, 0) is 0 Å². The number of nitrogens with two attached hydrogens (primary N) is 1. The van der Waals surface area contributed by atoms with Gasteiger partial charge < -0.3 is 0 Å². The molecule has 1 unspecified atom stereocenters. The fraction of sp³-hybridized carbons (Fsp3) is 0.500. The second-order valence-electron chi connectivity index (χ2n) is 5.22. The maximum absolute atomic E-state index is 5.74. The van der Waals surface area contributed by atoms with Gasteiger partial charge in [-0.3, -0.25) is 11.3 Å². The highest BCUT2D eigenvalue weighted by atomic mass is 32.2. The second kappa shape index (κ2) is 7.73. The minimum absolute atomic E-state index is 0.310. The van der Waals surface area contributed by atoms with Gasteiger partial charge in [-0.1, -0.05) is 35.8 Å². The third-order valence-corrected chi connectivity index (χ3v) is 4.77. The average molecular weight is 276 g/mol. The lowest BCUT2D eigenvalue weighted by atomic mass is 10.0. The molecule has 0 bridgehead atoms. The van der Waals surface area contributed by atoms with Gasteiger partial charge >= 0.3 is 0 Å². The molecule has 0 amide bonds. The second-order valence-corrected chi connectivity index (χ2v) is 6.32. The van der Waals surface area contributed by atoms with Crippen LogP contribution in [0.4, 0.5) is 0 Å². The van der Waals surface area contributed by atoms with Crippen molar-refractivity contribution < 1.29 is 0 Å². The van der Waals surface area contributed by atoms with E-state index in [1.807, 2.05) is 11.8 Å². The number of hydrogen-bond acceptors (Lipinski definition) is 3. The zero-order valence-electron chi connectivity index (χ0n) is 11.7. The van der Waals surface area contributed by atoms with E-state index in [-0.39, 0.29) is 0 Å². The molecule has 2 nitrogen and oxygen atoms in total. The summed E-state index contributed by atoms with van der Waals surface area (Å²) in [5.41, 5.74) is 5.80. The molecule has 3 N–H and O–H groups in total. The first-order valence-corrected chi connectivity index (χ1v) is 8.12. The lowest BCUT2D eigenvalue weighted by Crippen LogP contribution is -2.38. The standard InChI is InChI=1S/C16H24N2S/c1-13-8-10-15(11-9-13)19-12-16(18-17)14-6-4-2-3-5-7-14/h6,8-11,16,18H,2-5,7,12,17H2,1H3. The van der Waals surface area contributed by atoms with Crippen LogP contribution in [0.3, 0.4) is 0 Å². The van der Waals surface area contributed by atoms with Crippen LogP contribution in [0.25, 0.3) is 0 Å². The van der Waals surface area contributed by atoms with Crippen molar-refractivity contribution in [1.82, 2.24) is 5.43 Å². The van der Waals surface area contributed by atoms with Gasteiger partial charge in [-0.15, -0.1) is 11.8 Å². The number of thioether (sulfide) groups is 1. The van der Waals surface area contributed by atoms with Crippen molar-refractivity contribution in [2.45, 2.75) is 50.0 Å². The van der Waals surface area contributed by atoms with E-state index in [0.29, 0.717) is 6.04 Å². The van der Waals surface area contributed by atoms with E-state index in [9.17, 15) is 0 Å². The van der Waals surface area contributed by atoms with Crippen LogP contribution < -0.4 is 11.3 Å². The number of hydrogen-bond donors (Lipinski definition) is 2. The summed E-state index contributed by atoms with van der Waals surface area (Å²) in [6.45, 7) is 2.12. The fourth-order valence-corrected chi connectivity index (χ4v) is 3.43. The Balaban J connectivity index is 1.91. The summed E-state index contributed by atoms with van der Waals surface area (Å²) >= 11 is 1.88. The third kappa shape index (κ3) is 4.68. The molecule has 2 rings (SSSR count). The summed E-state index contributed by atoms with van der Waals surface area (Å²) in [6.07, 6.45) is 8.78. The van der Waals surface area contributed by atoms with Gasteiger partial charge in [0.05, 0.1) is 6.04 Å². The number of rotatable bonds is 5. The van der Waals surface area contributed by atoms with Gasteiger partial charge in [0.15, 0.2) is 0 Å². The zero-order valence-corrected chi connectivity index (χ0v) is 12.5. The van der Waals surface area contributed by atoms with E-state index >= 15 is 0 Å². The lowest BCUT2D eigenvalue weighted by Gasteiger charge is -2.19. The van der Waals surface area contributed by atoms with E-state index in [1.165, 1.54) is 48.1 Å². The predicted molar refractivity (Wildman–Crippen MR) is 84.2 cm³/mol. The van der Waals surface area contributed by atoms with Gasteiger partial charge in [-0.05, 0) is 44.7 Å². The number of benzene rings is 1. The Morgan fingerprint density at radius 3 is 2.74 bits per heavy atom. The molecule has 1 atom stereocenters. The first kappa shape index (κ1) is 14.6. The number of hydrazine groups is 1. The van der Waals surface area contributed by atoms with Crippen LogP contribution in [0.2, 0.25) is 0 Å². The van der Waals surface area contributed by atoms with Crippen LogP contribution in [0.5, 0.6) is 0 Å². The monoisotopic (exact) mass is 276 g/mol. The minimum atomic E-state index is 0.310. The van der Waals surface area contributed by atoms with Crippen molar-refractivity contribution in [3.05, 3.63) is 41.5 Å². The van der Waals surface area contributed by atoms with E-state index in [1.54, 1.807) is 0 Å². The SMILES string of the molecule is Cc1ccc(SCC(NN)C2=CCCCCC2)cc1. The van der Waals surface area contributed by atoms with Crippen LogP contribution in [0.15, 0.2) is 40.8 Å². The molecule has 1 aliphatic rings. The summed E-state index contributed by atoms with van der Waals surface area (Å²) in [5, 5.41) is 0. The molecule has 0 radical (unpaired) electrons. The molecule has 104 valence electrons. The van der Waals surface area contributed by atoms with Crippen molar-refractivity contribution in [3.63, 3.8) is 0 Å². The summed E-state index contributed by atoms with van der Waals surface area (Å²) in [7, 11) is 0. The quantitative estimate of drug-likeness (QED) is 0.372. The number of allylic oxidation sites excluding steroid dienone is 1. The number of aryl methyl sites for hydroxylation is 1. The van der Waals surface area contributed by atoms with Crippen LogP contribution in [0.1, 0.15) is 37.7 Å². The molecular weight excluding hydrogens is 252 g/mol. The minimum Gasteiger partial charge on any atom is -0.271 e. The summed E-state index contributed by atoms with van der Waals surface area (Å²) < 4.78 is 0. The van der Waals surface area contributed by atoms with Crippen molar-refractivity contribution in [2.24, 2.45) is 5.84 Å². The highest BCUT2D eigenvalue weighted by Gasteiger charge is 2.14. The summed E-state index contributed by atoms with van der Waals surface area (Å²) in [6, 6.07) is 9.02. The highest BCUT2D eigenvalue weighted by molar-refractivity contribution is 7.99. The Morgan fingerprint density at radius 1 is 1.21 bits per heavy atom. The first-order valence-electron chi connectivity index (χ1n) is 7.14. The highest BCUT2D eigenvalue weighted by Crippen LogP contribution is 2.25. The third-order valence-electron chi connectivity index (χ3n) is 3.66. The topological polar surface area (TPSA) is 38.0 Å². The Bertz CT molecular complexity index is 411. The molecule has 0 aliphatic heterocycles. The maximum Gasteiger partial charge on any atom is 0.0513 e.